The highest BCUT2D eigenvalue weighted by Gasteiger charge is 2.47. The molecule has 1 saturated heterocycles. The van der Waals surface area contributed by atoms with Gasteiger partial charge in [0, 0.05) is 19.3 Å². The number of unbranched alkanes of at least 4 members (excludes halogenated alkanes) is 1. The summed E-state index contributed by atoms with van der Waals surface area (Å²) in [6, 6.07) is 2.49. The van der Waals surface area contributed by atoms with E-state index in [9.17, 15) is 10.1 Å². The van der Waals surface area contributed by atoms with Crippen LogP contribution in [0.15, 0.2) is 6.20 Å². The molecule has 2 heterocycles. The predicted molar refractivity (Wildman–Crippen MR) is 80.8 cm³/mol. The fourth-order valence-electron chi connectivity index (χ4n) is 3.41. The zero-order valence-corrected chi connectivity index (χ0v) is 13.2. The zero-order valence-electron chi connectivity index (χ0n) is 13.2. The molecule has 0 atom stereocenters. The molecule has 0 unspecified atom stereocenters. The first-order valence-electron chi connectivity index (χ1n) is 8.30. The minimum Gasteiger partial charge on any atom is -0.337 e. The van der Waals surface area contributed by atoms with Crippen molar-refractivity contribution in [3.8, 4) is 6.07 Å². The summed E-state index contributed by atoms with van der Waals surface area (Å²) in [6.45, 7) is 3.46. The van der Waals surface area contributed by atoms with Crippen LogP contribution in [-0.2, 0) is 11.2 Å². The Bertz CT molecular complexity index is 576. The van der Waals surface area contributed by atoms with Crippen LogP contribution in [0.5, 0.6) is 0 Å². The Kier molecular flexibility index (Phi) is 4.14. The predicted octanol–water partition coefficient (Wildman–Crippen LogP) is 2.09. The minimum atomic E-state index is -0.750. The topological polar surface area (TPSA) is 74.8 Å². The van der Waals surface area contributed by atoms with Gasteiger partial charge in [0.1, 0.15) is 5.41 Å². The van der Waals surface area contributed by atoms with Crippen molar-refractivity contribution in [3.63, 3.8) is 0 Å². The Labute approximate surface area is 131 Å². The van der Waals surface area contributed by atoms with Gasteiger partial charge < -0.3 is 4.90 Å². The molecule has 0 radical (unpaired) electrons. The Balaban J connectivity index is 1.56. The Morgan fingerprint density at radius 2 is 2.18 bits per heavy atom. The molecule has 2 aliphatic rings. The molecule has 0 bridgehead atoms. The zero-order chi connectivity index (χ0) is 15.6. The third-order valence-electron chi connectivity index (χ3n) is 4.95. The summed E-state index contributed by atoms with van der Waals surface area (Å²) < 4.78 is 1.88. The smallest absolute Gasteiger partial charge is 0.243 e. The van der Waals surface area contributed by atoms with E-state index in [2.05, 4.69) is 23.3 Å². The molecule has 1 aromatic rings. The van der Waals surface area contributed by atoms with Crippen molar-refractivity contribution in [3.05, 3.63) is 11.9 Å². The first-order valence-corrected chi connectivity index (χ1v) is 8.30. The summed E-state index contributed by atoms with van der Waals surface area (Å²) in [5.41, 5.74) is 0.274. The maximum atomic E-state index is 12.6. The molecule has 0 aromatic carbocycles. The van der Waals surface area contributed by atoms with E-state index >= 15 is 0 Å². The third-order valence-corrected chi connectivity index (χ3v) is 4.95. The Hall–Kier alpha value is -1.90. The maximum Gasteiger partial charge on any atom is 0.243 e. The van der Waals surface area contributed by atoms with Crippen LogP contribution < -0.4 is 0 Å². The fraction of sp³-hybridized carbons (Fsp3) is 0.750. The average Bonchev–Trinajstić information content (AvgIpc) is 3.13. The molecular formula is C16H23N5O. The molecule has 6 heteroatoms. The summed E-state index contributed by atoms with van der Waals surface area (Å²) in [5.74, 6) is 0.0232. The highest BCUT2D eigenvalue weighted by Crippen LogP contribution is 2.40. The van der Waals surface area contributed by atoms with Crippen molar-refractivity contribution in [2.24, 2.45) is 5.41 Å². The highest BCUT2D eigenvalue weighted by atomic mass is 16.2. The van der Waals surface area contributed by atoms with Gasteiger partial charge in [-0.2, -0.15) is 5.26 Å². The Morgan fingerprint density at radius 1 is 1.45 bits per heavy atom. The molecule has 1 aliphatic carbocycles. The van der Waals surface area contributed by atoms with Crippen LogP contribution in [0, 0.1) is 16.7 Å². The molecule has 1 saturated carbocycles. The molecular weight excluding hydrogens is 278 g/mol. The van der Waals surface area contributed by atoms with Crippen LogP contribution in [0.4, 0.5) is 0 Å². The number of rotatable bonds is 5. The van der Waals surface area contributed by atoms with E-state index in [1.165, 1.54) is 0 Å². The van der Waals surface area contributed by atoms with Crippen molar-refractivity contribution in [1.29, 1.82) is 5.26 Å². The van der Waals surface area contributed by atoms with Gasteiger partial charge in [-0.25, -0.2) is 4.68 Å². The van der Waals surface area contributed by atoms with Crippen molar-refractivity contribution in [2.45, 2.75) is 57.9 Å². The van der Waals surface area contributed by atoms with E-state index in [1.807, 2.05) is 15.8 Å². The normalized spacial score (nSPS) is 20.6. The molecule has 6 nitrogen and oxygen atoms in total. The lowest BCUT2D eigenvalue weighted by molar-refractivity contribution is -0.145. The van der Waals surface area contributed by atoms with Gasteiger partial charge in [-0.15, -0.1) is 5.10 Å². The van der Waals surface area contributed by atoms with Gasteiger partial charge >= 0.3 is 0 Å². The standard InChI is InChI=1S/C16H23N5O/c1-2-3-6-13-9-21(19-18-13)14-10-20(11-14)15(22)16(12-17)7-4-5-8-16/h9,14H,2-8,10-11H2,1H3. The number of aryl methyl sites for hydroxylation is 1. The van der Waals surface area contributed by atoms with Crippen molar-refractivity contribution < 1.29 is 4.79 Å². The van der Waals surface area contributed by atoms with Crippen LogP contribution in [0.1, 0.15) is 57.2 Å². The van der Waals surface area contributed by atoms with Crippen LogP contribution in [-0.4, -0.2) is 38.9 Å². The van der Waals surface area contributed by atoms with Crippen molar-refractivity contribution in [2.75, 3.05) is 13.1 Å². The molecule has 2 fully saturated rings. The summed E-state index contributed by atoms with van der Waals surface area (Å²) in [7, 11) is 0. The number of aromatic nitrogens is 3. The van der Waals surface area contributed by atoms with E-state index in [0.717, 1.165) is 37.8 Å². The SMILES string of the molecule is CCCCc1cn(C2CN(C(=O)C3(C#N)CCCC3)C2)nn1. The fourth-order valence-corrected chi connectivity index (χ4v) is 3.41. The number of nitrogens with zero attached hydrogens (tertiary/aromatic N) is 5. The maximum absolute atomic E-state index is 12.6. The van der Waals surface area contributed by atoms with Crippen LogP contribution >= 0.6 is 0 Å². The van der Waals surface area contributed by atoms with Gasteiger partial charge in [-0.05, 0) is 25.7 Å². The largest absolute Gasteiger partial charge is 0.337 e. The first-order chi connectivity index (χ1) is 10.7. The van der Waals surface area contributed by atoms with Gasteiger partial charge in [0.25, 0.3) is 0 Å². The number of carbonyl (C=O) groups is 1. The van der Waals surface area contributed by atoms with Gasteiger partial charge in [0.15, 0.2) is 0 Å². The number of nitriles is 1. The monoisotopic (exact) mass is 301 g/mol. The second kappa shape index (κ2) is 6.07. The highest BCUT2D eigenvalue weighted by molar-refractivity contribution is 5.86. The van der Waals surface area contributed by atoms with E-state index in [4.69, 9.17) is 0 Å². The molecule has 1 aliphatic heterocycles. The molecule has 1 amide bonds. The van der Waals surface area contributed by atoms with Gasteiger partial charge in [0.2, 0.25) is 5.91 Å². The van der Waals surface area contributed by atoms with E-state index in [0.29, 0.717) is 25.9 Å². The second-order valence-corrected chi connectivity index (χ2v) is 6.56. The lowest BCUT2D eigenvalue weighted by atomic mass is 9.85. The number of carbonyl (C=O) groups excluding carboxylic acids is 1. The van der Waals surface area contributed by atoms with E-state index in [-0.39, 0.29) is 11.9 Å². The van der Waals surface area contributed by atoms with Crippen LogP contribution in [0.2, 0.25) is 0 Å². The van der Waals surface area contributed by atoms with Crippen molar-refractivity contribution in [1.82, 2.24) is 19.9 Å². The lowest BCUT2D eigenvalue weighted by Gasteiger charge is -2.41. The van der Waals surface area contributed by atoms with E-state index in [1.54, 1.807) is 0 Å². The van der Waals surface area contributed by atoms with Crippen molar-refractivity contribution >= 4 is 5.91 Å². The second-order valence-electron chi connectivity index (χ2n) is 6.56. The van der Waals surface area contributed by atoms with E-state index < -0.39 is 5.41 Å². The Morgan fingerprint density at radius 3 is 2.82 bits per heavy atom. The van der Waals surface area contributed by atoms with Gasteiger partial charge in [-0.3, -0.25) is 4.79 Å². The molecule has 118 valence electrons. The quantitative estimate of drug-likeness (QED) is 0.834. The van der Waals surface area contributed by atoms with Gasteiger partial charge in [-0.1, -0.05) is 31.4 Å². The molecule has 22 heavy (non-hydrogen) atoms. The minimum absolute atomic E-state index is 0.0232. The van der Waals surface area contributed by atoms with Crippen LogP contribution in [0.25, 0.3) is 0 Å². The van der Waals surface area contributed by atoms with Crippen LogP contribution in [0.3, 0.4) is 0 Å². The summed E-state index contributed by atoms with van der Waals surface area (Å²) in [5, 5.41) is 17.8. The lowest BCUT2D eigenvalue weighted by Crippen LogP contribution is -2.55. The third kappa shape index (κ3) is 2.60. The number of hydrogen-bond donors (Lipinski definition) is 0. The number of amides is 1. The summed E-state index contributed by atoms with van der Waals surface area (Å²) >= 11 is 0. The molecule has 0 N–H and O–H groups in total. The summed E-state index contributed by atoms with van der Waals surface area (Å²) in [4.78, 5) is 14.4. The number of hydrogen-bond acceptors (Lipinski definition) is 4. The molecule has 3 rings (SSSR count). The molecule has 1 aromatic heterocycles. The molecule has 0 spiro atoms. The first kappa shape index (κ1) is 15.0. The average molecular weight is 301 g/mol. The summed E-state index contributed by atoms with van der Waals surface area (Å²) in [6.07, 6.45) is 8.64. The van der Waals surface area contributed by atoms with Gasteiger partial charge in [0.05, 0.1) is 17.8 Å². The number of likely N-dealkylation sites (tertiary alicyclic amines) is 1.